The van der Waals surface area contributed by atoms with Crippen LogP contribution in [0.1, 0.15) is 52.4 Å². The second-order valence-corrected chi connectivity index (χ2v) is 9.04. The number of amides is 1. The quantitative estimate of drug-likeness (QED) is 0.342. The van der Waals surface area contributed by atoms with E-state index in [9.17, 15) is 9.59 Å². The van der Waals surface area contributed by atoms with Crippen molar-refractivity contribution in [3.8, 4) is 11.1 Å². The number of benzene rings is 2. The summed E-state index contributed by atoms with van der Waals surface area (Å²) in [6.45, 7) is 7.85. The highest BCUT2D eigenvalue weighted by atomic mass is 32.1. The van der Waals surface area contributed by atoms with E-state index in [-0.39, 0.29) is 36.8 Å². The number of fused-ring (bicyclic) bond motifs is 3. The van der Waals surface area contributed by atoms with Crippen LogP contribution in [0.4, 0.5) is 4.79 Å². The zero-order valence-electron chi connectivity index (χ0n) is 18.6. The van der Waals surface area contributed by atoms with Crippen molar-refractivity contribution in [2.45, 2.75) is 25.8 Å². The minimum absolute atomic E-state index is 0.00764. The minimum atomic E-state index is -0.513. The van der Waals surface area contributed by atoms with Crippen LogP contribution < -0.4 is 5.32 Å². The maximum Gasteiger partial charge on any atom is 0.407 e. The Bertz CT molecular complexity index is 1120. The molecule has 33 heavy (non-hydrogen) atoms. The van der Waals surface area contributed by atoms with Gasteiger partial charge < -0.3 is 14.8 Å². The fourth-order valence-corrected chi connectivity index (χ4v) is 5.02. The lowest BCUT2D eigenvalue weighted by molar-refractivity contribution is 0.0543. The van der Waals surface area contributed by atoms with Crippen LogP contribution in [0.2, 0.25) is 0 Å². The molecule has 0 fully saturated rings. The first-order valence-corrected chi connectivity index (χ1v) is 11.7. The molecule has 3 aromatic rings. The number of thiazole rings is 1. The zero-order valence-corrected chi connectivity index (χ0v) is 19.4. The van der Waals surface area contributed by atoms with Gasteiger partial charge in [0.1, 0.15) is 18.2 Å². The number of ether oxygens (including phenoxy) is 2. The predicted molar refractivity (Wildman–Crippen MR) is 128 cm³/mol. The number of nitrogens with one attached hydrogen (secondary N) is 1. The molecule has 0 saturated carbocycles. The van der Waals surface area contributed by atoms with Crippen LogP contribution in [-0.4, -0.2) is 30.3 Å². The normalized spacial score (nSPS) is 13.2. The molecular weight excluding hydrogens is 436 g/mol. The van der Waals surface area contributed by atoms with E-state index < -0.39 is 12.1 Å². The number of carbonyl (C=O) groups excluding carboxylic acids is 2. The highest BCUT2D eigenvalue weighted by Gasteiger charge is 2.30. The number of esters is 1. The summed E-state index contributed by atoms with van der Waals surface area (Å²) < 4.78 is 10.7. The number of aromatic nitrogens is 1. The van der Waals surface area contributed by atoms with Gasteiger partial charge in [0.25, 0.3) is 0 Å². The SMILES string of the molecule is C=CCOC(=O)c1csc([C@H](NC(=O)OCC2c3ccccc3-c3ccccc32)C(C)C)n1. The highest BCUT2D eigenvalue weighted by Crippen LogP contribution is 2.44. The summed E-state index contributed by atoms with van der Waals surface area (Å²) in [7, 11) is 0. The maximum absolute atomic E-state index is 12.7. The number of rotatable bonds is 8. The van der Waals surface area contributed by atoms with Crippen molar-refractivity contribution in [3.05, 3.63) is 88.4 Å². The third-order valence-electron chi connectivity index (χ3n) is 5.61. The van der Waals surface area contributed by atoms with Crippen molar-refractivity contribution in [3.63, 3.8) is 0 Å². The molecule has 1 heterocycles. The van der Waals surface area contributed by atoms with Crippen molar-refractivity contribution in [2.24, 2.45) is 5.92 Å². The van der Waals surface area contributed by atoms with Crippen LogP contribution >= 0.6 is 11.3 Å². The van der Waals surface area contributed by atoms with Gasteiger partial charge in [-0.1, -0.05) is 75.0 Å². The van der Waals surface area contributed by atoms with Gasteiger partial charge in [0.15, 0.2) is 5.69 Å². The van der Waals surface area contributed by atoms with Crippen molar-refractivity contribution >= 4 is 23.4 Å². The third kappa shape index (κ3) is 4.83. The van der Waals surface area contributed by atoms with Gasteiger partial charge in [-0.05, 0) is 28.2 Å². The van der Waals surface area contributed by atoms with Crippen LogP contribution in [0.25, 0.3) is 11.1 Å². The van der Waals surface area contributed by atoms with Crippen LogP contribution in [0.15, 0.2) is 66.6 Å². The minimum Gasteiger partial charge on any atom is -0.457 e. The average molecular weight is 463 g/mol. The molecular formula is C26H26N2O4S. The van der Waals surface area contributed by atoms with E-state index in [1.165, 1.54) is 28.5 Å². The molecule has 0 spiro atoms. The molecule has 7 heteroatoms. The van der Waals surface area contributed by atoms with E-state index in [4.69, 9.17) is 9.47 Å². The highest BCUT2D eigenvalue weighted by molar-refractivity contribution is 7.09. The Hall–Kier alpha value is -3.45. The first kappa shape index (κ1) is 22.7. The number of carbonyl (C=O) groups is 2. The van der Waals surface area contributed by atoms with Gasteiger partial charge in [-0.15, -0.1) is 11.3 Å². The molecule has 1 aromatic heterocycles. The van der Waals surface area contributed by atoms with Gasteiger partial charge in [0, 0.05) is 11.3 Å². The summed E-state index contributed by atoms with van der Waals surface area (Å²) >= 11 is 1.31. The van der Waals surface area contributed by atoms with E-state index in [0.717, 1.165) is 11.1 Å². The fourth-order valence-electron chi connectivity index (χ4n) is 4.01. The van der Waals surface area contributed by atoms with Crippen molar-refractivity contribution in [2.75, 3.05) is 13.2 Å². The van der Waals surface area contributed by atoms with Gasteiger partial charge >= 0.3 is 12.1 Å². The summed E-state index contributed by atoms with van der Waals surface area (Å²) in [5.74, 6) is -0.471. The van der Waals surface area contributed by atoms with E-state index >= 15 is 0 Å². The van der Waals surface area contributed by atoms with E-state index in [1.807, 2.05) is 38.1 Å². The number of hydrogen-bond donors (Lipinski definition) is 1. The van der Waals surface area contributed by atoms with Crippen LogP contribution in [-0.2, 0) is 9.47 Å². The van der Waals surface area contributed by atoms with E-state index in [2.05, 4.69) is 41.1 Å². The summed E-state index contributed by atoms with van der Waals surface area (Å²) in [4.78, 5) is 29.2. The number of hydrogen-bond acceptors (Lipinski definition) is 6. The lowest BCUT2D eigenvalue weighted by Gasteiger charge is -2.21. The number of nitrogens with zero attached hydrogens (tertiary/aromatic N) is 1. The molecule has 0 saturated heterocycles. The van der Waals surface area contributed by atoms with Gasteiger partial charge in [-0.2, -0.15) is 0 Å². The fraction of sp³-hybridized carbons (Fsp3) is 0.269. The first-order valence-electron chi connectivity index (χ1n) is 10.8. The average Bonchev–Trinajstić information content (AvgIpc) is 3.43. The Balaban J connectivity index is 1.43. The first-order chi connectivity index (χ1) is 16.0. The molecule has 0 radical (unpaired) electrons. The van der Waals surface area contributed by atoms with Crippen LogP contribution in [0.3, 0.4) is 0 Å². The van der Waals surface area contributed by atoms with E-state index in [1.54, 1.807) is 5.38 Å². The molecule has 0 bridgehead atoms. The Morgan fingerprint density at radius 1 is 1.09 bits per heavy atom. The summed E-state index contributed by atoms with van der Waals surface area (Å²) in [6.07, 6.45) is 0.988. The van der Waals surface area contributed by atoms with Crippen molar-refractivity contribution in [1.29, 1.82) is 0 Å². The zero-order chi connectivity index (χ0) is 23.4. The van der Waals surface area contributed by atoms with E-state index in [0.29, 0.717) is 5.01 Å². The van der Waals surface area contributed by atoms with Gasteiger partial charge in [0.2, 0.25) is 0 Å². The molecule has 6 nitrogen and oxygen atoms in total. The van der Waals surface area contributed by atoms with Gasteiger partial charge in [-0.25, -0.2) is 14.6 Å². The topological polar surface area (TPSA) is 77.5 Å². The Labute approximate surface area is 197 Å². The molecule has 1 aliphatic carbocycles. The second-order valence-electron chi connectivity index (χ2n) is 8.15. The Morgan fingerprint density at radius 3 is 2.33 bits per heavy atom. The molecule has 170 valence electrons. The summed E-state index contributed by atoms with van der Waals surface area (Å²) in [5, 5.41) is 5.18. The molecule has 2 aromatic carbocycles. The largest absolute Gasteiger partial charge is 0.457 e. The molecule has 4 rings (SSSR count). The monoisotopic (exact) mass is 462 g/mol. The summed E-state index contributed by atoms with van der Waals surface area (Å²) in [6, 6.07) is 16.0. The molecule has 0 aliphatic heterocycles. The third-order valence-corrected chi connectivity index (χ3v) is 6.54. The lowest BCUT2D eigenvalue weighted by Crippen LogP contribution is -2.33. The molecule has 1 atom stereocenters. The van der Waals surface area contributed by atoms with Crippen LogP contribution in [0, 0.1) is 5.92 Å². The van der Waals surface area contributed by atoms with Gasteiger partial charge in [0.05, 0.1) is 6.04 Å². The standard InChI is InChI=1S/C26H26N2O4S/c1-4-13-31-25(29)22-15-33-24(27-22)23(16(2)3)28-26(30)32-14-21-19-11-7-5-9-17(19)18-10-6-8-12-20(18)21/h4-12,15-16,21,23H,1,13-14H2,2-3H3,(H,28,30)/t23-/m1/s1. The Morgan fingerprint density at radius 2 is 1.73 bits per heavy atom. The lowest BCUT2D eigenvalue weighted by atomic mass is 9.98. The van der Waals surface area contributed by atoms with Crippen LogP contribution in [0.5, 0.6) is 0 Å². The van der Waals surface area contributed by atoms with Crippen molar-refractivity contribution < 1.29 is 19.1 Å². The molecule has 0 unspecified atom stereocenters. The smallest absolute Gasteiger partial charge is 0.407 e. The molecule has 1 aliphatic rings. The van der Waals surface area contributed by atoms with Gasteiger partial charge in [-0.3, -0.25) is 0 Å². The maximum atomic E-state index is 12.7. The predicted octanol–water partition coefficient (Wildman–Crippen LogP) is 5.72. The Kier molecular flexibility index (Phi) is 6.89. The molecule has 1 amide bonds. The molecule has 1 N–H and O–H groups in total. The summed E-state index contributed by atoms with van der Waals surface area (Å²) in [5.41, 5.74) is 4.91. The second kappa shape index (κ2) is 10.0. The van der Waals surface area contributed by atoms with Crippen molar-refractivity contribution in [1.82, 2.24) is 10.3 Å². The number of alkyl carbamates (subject to hydrolysis) is 1.